The second-order valence-corrected chi connectivity index (χ2v) is 5.78. The fourth-order valence-electron chi connectivity index (χ4n) is 1.67. The average molecular weight is 327 g/mol. The fourth-order valence-corrected chi connectivity index (χ4v) is 2.76. The molecule has 0 aliphatic carbocycles. The molecule has 2 aromatic rings. The summed E-state index contributed by atoms with van der Waals surface area (Å²) in [6.07, 6.45) is 0. The minimum absolute atomic E-state index is 0.786. The van der Waals surface area contributed by atoms with E-state index >= 15 is 0 Å². The number of rotatable bonds is 5. The highest BCUT2D eigenvalue weighted by molar-refractivity contribution is 9.10. The second kappa shape index (κ2) is 6.31. The Bertz CT molecular complexity index is 527. The molecule has 3 nitrogen and oxygen atoms in total. The summed E-state index contributed by atoms with van der Waals surface area (Å²) in [4.78, 5) is 5.52. The zero-order valence-electron chi connectivity index (χ0n) is 10.4. The van der Waals surface area contributed by atoms with Crippen LogP contribution in [0.4, 0.5) is 0 Å². The maximum absolute atomic E-state index is 5.36. The van der Waals surface area contributed by atoms with E-state index in [1.165, 1.54) is 4.88 Å². The number of halogens is 1. The van der Waals surface area contributed by atoms with E-state index < -0.39 is 0 Å². The molecule has 0 radical (unpaired) electrons. The Kier molecular flexibility index (Phi) is 4.74. The van der Waals surface area contributed by atoms with E-state index in [4.69, 9.17) is 4.74 Å². The van der Waals surface area contributed by atoms with Gasteiger partial charge in [-0.2, -0.15) is 0 Å². The van der Waals surface area contributed by atoms with E-state index in [0.29, 0.717) is 0 Å². The lowest BCUT2D eigenvalue weighted by molar-refractivity contribution is 0.407. The Hall–Kier alpha value is -0.910. The number of methoxy groups -OCH3 is 1. The van der Waals surface area contributed by atoms with Gasteiger partial charge in [-0.25, -0.2) is 4.98 Å². The van der Waals surface area contributed by atoms with E-state index in [0.717, 1.165) is 34.6 Å². The summed E-state index contributed by atoms with van der Waals surface area (Å²) in [6.45, 7) is 3.66. The lowest BCUT2D eigenvalue weighted by atomic mass is 10.2. The third-order valence-electron chi connectivity index (χ3n) is 2.69. The molecule has 0 unspecified atom stereocenters. The molecule has 96 valence electrons. The predicted octanol–water partition coefficient (Wildman–Crippen LogP) is 3.51. The second-order valence-electron chi connectivity index (χ2n) is 3.92. The van der Waals surface area contributed by atoms with Crippen molar-refractivity contribution in [3.8, 4) is 5.75 Å². The van der Waals surface area contributed by atoms with Crippen molar-refractivity contribution in [2.24, 2.45) is 0 Å². The highest BCUT2D eigenvalue weighted by atomic mass is 79.9. The smallest absolute Gasteiger partial charge is 0.124 e. The van der Waals surface area contributed by atoms with Gasteiger partial charge in [0.1, 0.15) is 5.75 Å². The van der Waals surface area contributed by atoms with Crippen molar-refractivity contribution in [3.05, 3.63) is 44.3 Å². The molecule has 0 fully saturated rings. The molecule has 1 aromatic carbocycles. The van der Waals surface area contributed by atoms with E-state index in [1.54, 1.807) is 18.4 Å². The molecule has 18 heavy (non-hydrogen) atoms. The summed E-state index contributed by atoms with van der Waals surface area (Å²) in [6, 6.07) is 6.07. The zero-order chi connectivity index (χ0) is 13.0. The topological polar surface area (TPSA) is 34.1 Å². The van der Waals surface area contributed by atoms with Gasteiger partial charge in [-0.15, -0.1) is 11.3 Å². The summed E-state index contributed by atoms with van der Waals surface area (Å²) in [5.41, 5.74) is 4.14. The third-order valence-corrected chi connectivity index (χ3v) is 4.12. The Morgan fingerprint density at radius 1 is 1.39 bits per heavy atom. The van der Waals surface area contributed by atoms with Crippen LogP contribution in [0.3, 0.4) is 0 Å². The van der Waals surface area contributed by atoms with Crippen LogP contribution < -0.4 is 10.1 Å². The normalized spacial score (nSPS) is 10.6. The lowest BCUT2D eigenvalue weighted by Crippen LogP contribution is -2.13. The fraction of sp³-hybridized carbons (Fsp3) is 0.308. The standard InChI is InChI=1S/C13H15BrN2OS/c1-9-13(18-8-16-9)7-15-6-10-3-4-11(14)5-12(10)17-2/h3-5,8,15H,6-7H2,1-2H3. The van der Waals surface area contributed by atoms with Gasteiger partial charge < -0.3 is 10.1 Å². The molecule has 0 saturated carbocycles. The molecule has 1 heterocycles. The van der Waals surface area contributed by atoms with Crippen LogP contribution in [0.25, 0.3) is 0 Å². The van der Waals surface area contributed by atoms with Gasteiger partial charge in [-0.05, 0) is 19.1 Å². The number of aryl methyl sites for hydroxylation is 1. The molecule has 1 aromatic heterocycles. The minimum atomic E-state index is 0.786. The molecule has 0 aliphatic rings. The molecule has 2 rings (SSSR count). The van der Waals surface area contributed by atoms with Crippen LogP contribution in [-0.2, 0) is 13.1 Å². The summed E-state index contributed by atoms with van der Waals surface area (Å²) in [7, 11) is 1.69. The molecule has 0 spiro atoms. The summed E-state index contributed by atoms with van der Waals surface area (Å²) in [5, 5.41) is 3.41. The van der Waals surface area contributed by atoms with Gasteiger partial charge in [0.25, 0.3) is 0 Å². The van der Waals surface area contributed by atoms with Crippen LogP contribution in [0.5, 0.6) is 5.75 Å². The quantitative estimate of drug-likeness (QED) is 0.912. The third kappa shape index (κ3) is 3.31. The van der Waals surface area contributed by atoms with Crippen LogP contribution in [0.15, 0.2) is 28.2 Å². The van der Waals surface area contributed by atoms with Crippen molar-refractivity contribution in [3.63, 3.8) is 0 Å². The number of nitrogens with zero attached hydrogens (tertiary/aromatic N) is 1. The maximum atomic E-state index is 5.36. The first-order chi connectivity index (χ1) is 8.70. The molecular formula is C13H15BrN2OS. The average Bonchev–Trinajstić information content (AvgIpc) is 2.77. The lowest BCUT2D eigenvalue weighted by Gasteiger charge is -2.09. The molecule has 0 bridgehead atoms. The molecular weight excluding hydrogens is 312 g/mol. The highest BCUT2D eigenvalue weighted by Crippen LogP contribution is 2.23. The van der Waals surface area contributed by atoms with Crippen LogP contribution in [0.1, 0.15) is 16.1 Å². The summed E-state index contributed by atoms with van der Waals surface area (Å²) < 4.78 is 6.39. The zero-order valence-corrected chi connectivity index (χ0v) is 12.8. The van der Waals surface area contributed by atoms with Crippen molar-refractivity contribution in [1.82, 2.24) is 10.3 Å². The molecule has 0 aliphatic heterocycles. The predicted molar refractivity (Wildman–Crippen MR) is 78.1 cm³/mol. The number of ether oxygens (including phenoxy) is 1. The molecule has 0 amide bonds. The van der Waals surface area contributed by atoms with Gasteiger partial charge in [-0.3, -0.25) is 0 Å². The van der Waals surface area contributed by atoms with Crippen molar-refractivity contribution in [1.29, 1.82) is 0 Å². The van der Waals surface area contributed by atoms with Gasteiger partial charge in [-0.1, -0.05) is 22.0 Å². The van der Waals surface area contributed by atoms with Crippen molar-refractivity contribution in [2.45, 2.75) is 20.0 Å². The van der Waals surface area contributed by atoms with E-state index in [9.17, 15) is 0 Å². The summed E-state index contributed by atoms with van der Waals surface area (Å²) >= 11 is 5.12. The molecule has 1 N–H and O–H groups in total. The highest BCUT2D eigenvalue weighted by Gasteiger charge is 2.05. The van der Waals surface area contributed by atoms with Crippen molar-refractivity contribution in [2.75, 3.05) is 7.11 Å². The number of nitrogens with one attached hydrogen (secondary N) is 1. The van der Waals surface area contributed by atoms with Crippen LogP contribution >= 0.6 is 27.3 Å². The first kappa shape index (κ1) is 13.5. The number of hydrogen-bond acceptors (Lipinski definition) is 4. The van der Waals surface area contributed by atoms with E-state index in [-0.39, 0.29) is 0 Å². The van der Waals surface area contributed by atoms with Gasteiger partial charge in [0.2, 0.25) is 0 Å². The Labute approximate surface area is 119 Å². The Balaban J connectivity index is 1.96. The Morgan fingerprint density at radius 2 is 2.22 bits per heavy atom. The summed E-state index contributed by atoms with van der Waals surface area (Å²) in [5.74, 6) is 0.901. The van der Waals surface area contributed by atoms with Gasteiger partial charge >= 0.3 is 0 Å². The van der Waals surface area contributed by atoms with Crippen molar-refractivity contribution < 1.29 is 4.74 Å². The molecule has 0 saturated heterocycles. The van der Waals surface area contributed by atoms with Crippen LogP contribution in [0, 0.1) is 6.92 Å². The van der Waals surface area contributed by atoms with E-state index in [1.807, 2.05) is 24.6 Å². The molecule has 5 heteroatoms. The number of benzene rings is 1. The van der Waals surface area contributed by atoms with Gasteiger partial charge in [0.15, 0.2) is 0 Å². The first-order valence-electron chi connectivity index (χ1n) is 5.63. The Morgan fingerprint density at radius 3 is 2.89 bits per heavy atom. The van der Waals surface area contributed by atoms with Gasteiger partial charge in [0.05, 0.1) is 18.3 Å². The number of thiazole rings is 1. The minimum Gasteiger partial charge on any atom is -0.496 e. The maximum Gasteiger partial charge on any atom is 0.124 e. The van der Waals surface area contributed by atoms with Gasteiger partial charge in [0, 0.05) is 28.0 Å². The largest absolute Gasteiger partial charge is 0.496 e. The number of aromatic nitrogens is 1. The molecule has 0 atom stereocenters. The number of hydrogen-bond donors (Lipinski definition) is 1. The SMILES string of the molecule is COc1cc(Br)ccc1CNCc1scnc1C. The van der Waals surface area contributed by atoms with Crippen molar-refractivity contribution >= 4 is 27.3 Å². The van der Waals surface area contributed by atoms with Crippen LogP contribution in [0.2, 0.25) is 0 Å². The van der Waals surface area contributed by atoms with Crippen LogP contribution in [-0.4, -0.2) is 12.1 Å². The monoisotopic (exact) mass is 326 g/mol. The first-order valence-corrected chi connectivity index (χ1v) is 7.30. The van der Waals surface area contributed by atoms with E-state index in [2.05, 4.69) is 32.3 Å².